The Bertz CT molecular complexity index is 1130. The van der Waals surface area contributed by atoms with Crippen LogP contribution in [0.25, 0.3) is 11.5 Å². The number of nitrogens with zero attached hydrogens (tertiary/aromatic N) is 2. The maximum absolute atomic E-state index is 12.0. The molecule has 8 nitrogen and oxygen atoms in total. The van der Waals surface area contributed by atoms with Crippen molar-refractivity contribution >= 4 is 12.1 Å². The molecule has 1 N–H and O–H groups in total. The second-order valence-corrected chi connectivity index (χ2v) is 8.33. The van der Waals surface area contributed by atoms with Crippen molar-refractivity contribution in [2.75, 3.05) is 19.7 Å². The van der Waals surface area contributed by atoms with Crippen molar-refractivity contribution < 1.29 is 28.6 Å². The largest absolute Gasteiger partial charge is 0.487 e. The quantitative estimate of drug-likeness (QED) is 0.521. The number of benzene rings is 2. The number of hydrogen-bond acceptors (Lipinski definition) is 6. The van der Waals surface area contributed by atoms with Crippen LogP contribution in [0.2, 0.25) is 0 Å². The first kappa shape index (κ1) is 23.4. The van der Waals surface area contributed by atoms with Gasteiger partial charge < -0.3 is 23.9 Å². The molecule has 1 fully saturated rings. The van der Waals surface area contributed by atoms with Gasteiger partial charge in [0.05, 0.1) is 12.5 Å². The number of oxazole rings is 1. The molecular weight excluding hydrogens is 436 g/mol. The SMILES string of the molecule is CCOC(=O)N1CC(Cc2ccc(OCc3nc(-c4ccccc4)oc3C)cc2)[C@H](C(=O)O)C1. The minimum absolute atomic E-state index is 0.169. The number of amides is 1. The molecule has 1 unspecified atom stereocenters. The van der Waals surface area contributed by atoms with Crippen LogP contribution in [0.5, 0.6) is 5.75 Å². The molecule has 1 saturated heterocycles. The van der Waals surface area contributed by atoms with E-state index >= 15 is 0 Å². The van der Waals surface area contributed by atoms with Gasteiger partial charge in [-0.2, -0.15) is 0 Å². The van der Waals surface area contributed by atoms with Gasteiger partial charge in [0.2, 0.25) is 5.89 Å². The fourth-order valence-electron chi connectivity index (χ4n) is 4.16. The Kier molecular flexibility index (Phi) is 7.15. The lowest BCUT2D eigenvalue weighted by Crippen LogP contribution is -2.30. The molecule has 2 heterocycles. The molecule has 2 aromatic carbocycles. The standard InChI is InChI=1S/C26H28N2O6/c1-3-32-26(31)28-14-20(22(15-28)25(29)30)13-18-9-11-21(12-10-18)33-16-23-17(2)34-24(27-23)19-7-5-4-6-8-19/h4-12,20,22H,3,13-16H2,1-2H3,(H,29,30)/t20?,22-/m1/s1. The van der Waals surface area contributed by atoms with Crippen molar-refractivity contribution in [3.05, 3.63) is 71.6 Å². The van der Waals surface area contributed by atoms with Crippen LogP contribution in [-0.2, 0) is 22.6 Å². The summed E-state index contributed by atoms with van der Waals surface area (Å²) < 4.78 is 16.7. The smallest absolute Gasteiger partial charge is 0.409 e. The molecule has 1 aliphatic heterocycles. The summed E-state index contributed by atoms with van der Waals surface area (Å²) in [6.45, 7) is 4.67. The number of aromatic nitrogens is 1. The van der Waals surface area contributed by atoms with Gasteiger partial charge in [0, 0.05) is 18.7 Å². The lowest BCUT2D eigenvalue weighted by atomic mass is 9.90. The molecule has 1 aromatic heterocycles. The van der Waals surface area contributed by atoms with E-state index in [-0.39, 0.29) is 25.7 Å². The Balaban J connectivity index is 1.36. The van der Waals surface area contributed by atoms with Crippen molar-refractivity contribution in [1.29, 1.82) is 0 Å². The number of carboxylic acids is 1. The lowest BCUT2D eigenvalue weighted by Gasteiger charge is -2.16. The molecule has 4 rings (SSSR count). The van der Waals surface area contributed by atoms with E-state index in [4.69, 9.17) is 13.9 Å². The first-order valence-corrected chi connectivity index (χ1v) is 11.3. The summed E-state index contributed by atoms with van der Waals surface area (Å²) in [5, 5.41) is 9.60. The summed E-state index contributed by atoms with van der Waals surface area (Å²) in [5.74, 6) is 0.268. The minimum atomic E-state index is -0.894. The highest BCUT2D eigenvalue weighted by Crippen LogP contribution is 2.29. The second kappa shape index (κ2) is 10.4. The first-order valence-electron chi connectivity index (χ1n) is 11.3. The van der Waals surface area contributed by atoms with Crippen molar-refractivity contribution in [2.45, 2.75) is 26.9 Å². The van der Waals surface area contributed by atoms with Gasteiger partial charge in [-0.3, -0.25) is 4.79 Å². The van der Waals surface area contributed by atoms with E-state index in [0.29, 0.717) is 30.4 Å². The molecule has 2 atom stereocenters. The predicted octanol–water partition coefficient (Wildman–Crippen LogP) is 4.56. The average Bonchev–Trinajstić information content (AvgIpc) is 3.43. The summed E-state index contributed by atoms with van der Waals surface area (Å²) in [4.78, 5) is 29.8. The van der Waals surface area contributed by atoms with E-state index < -0.39 is 18.0 Å². The fraction of sp³-hybridized carbons (Fsp3) is 0.346. The van der Waals surface area contributed by atoms with E-state index in [1.54, 1.807) is 6.92 Å². The van der Waals surface area contributed by atoms with E-state index in [2.05, 4.69) is 4.98 Å². The van der Waals surface area contributed by atoms with Gasteiger partial charge in [-0.1, -0.05) is 30.3 Å². The van der Waals surface area contributed by atoms with E-state index in [9.17, 15) is 14.7 Å². The second-order valence-electron chi connectivity index (χ2n) is 8.33. The first-order chi connectivity index (χ1) is 16.4. The number of aryl methyl sites for hydroxylation is 1. The van der Waals surface area contributed by atoms with Gasteiger partial charge >= 0.3 is 12.1 Å². The van der Waals surface area contributed by atoms with Crippen molar-refractivity contribution in [1.82, 2.24) is 9.88 Å². The summed E-state index contributed by atoms with van der Waals surface area (Å²) >= 11 is 0. The molecular formula is C26H28N2O6. The predicted molar refractivity (Wildman–Crippen MR) is 124 cm³/mol. The van der Waals surface area contributed by atoms with Crippen LogP contribution in [0.15, 0.2) is 59.0 Å². The number of carbonyl (C=O) groups excluding carboxylic acids is 1. The Morgan fingerprint density at radius 3 is 2.53 bits per heavy atom. The monoisotopic (exact) mass is 464 g/mol. The zero-order chi connectivity index (χ0) is 24.1. The zero-order valence-electron chi connectivity index (χ0n) is 19.3. The number of likely N-dealkylation sites (tertiary alicyclic amines) is 1. The fourth-order valence-corrected chi connectivity index (χ4v) is 4.16. The van der Waals surface area contributed by atoms with Crippen LogP contribution < -0.4 is 4.74 Å². The molecule has 178 valence electrons. The Hall–Kier alpha value is -3.81. The molecule has 0 spiro atoms. The number of carboxylic acid groups (broad SMARTS) is 1. The number of rotatable bonds is 8. The maximum atomic E-state index is 12.0. The Morgan fingerprint density at radius 1 is 1.12 bits per heavy atom. The Morgan fingerprint density at radius 2 is 1.85 bits per heavy atom. The van der Waals surface area contributed by atoms with Crippen LogP contribution in [0.4, 0.5) is 4.79 Å². The Labute approximate surface area is 198 Å². The van der Waals surface area contributed by atoms with Crippen LogP contribution in [0.1, 0.15) is 23.9 Å². The van der Waals surface area contributed by atoms with Crippen molar-refractivity contribution in [2.24, 2.45) is 11.8 Å². The van der Waals surface area contributed by atoms with Gasteiger partial charge in [0.1, 0.15) is 23.8 Å². The van der Waals surface area contributed by atoms with E-state index in [1.165, 1.54) is 4.90 Å². The van der Waals surface area contributed by atoms with Crippen molar-refractivity contribution in [3.63, 3.8) is 0 Å². The lowest BCUT2D eigenvalue weighted by molar-refractivity contribution is -0.142. The maximum Gasteiger partial charge on any atom is 0.409 e. The number of carbonyl (C=O) groups is 2. The van der Waals surface area contributed by atoms with Crippen LogP contribution in [-0.4, -0.2) is 46.7 Å². The molecule has 8 heteroatoms. The van der Waals surface area contributed by atoms with E-state index in [1.807, 2.05) is 61.5 Å². The van der Waals surface area contributed by atoms with Gasteiger partial charge in [-0.05, 0) is 56.0 Å². The molecule has 0 bridgehead atoms. The molecule has 0 radical (unpaired) electrons. The topological polar surface area (TPSA) is 102 Å². The highest BCUT2D eigenvalue weighted by atomic mass is 16.6. The molecule has 0 saturated carbocycles. The van der Waals surface area contributed by atoms with Gasteiger partial charge in [-0.25, -0.2) is 9.78 Å². The highest BCUT2D eigenvalue weighted by Gasteiger charge is 2.40. The van der Waals surface area contributed by atoms with Gasteiger partial charge in [0.25, 0.3) is 0 Å². The molecule has 3 aromatic rings. The third kappa shape index (κ3) is 5.39. The summed E-state index contributed by atoms with van der Waals surface area (Å²) in [7, 11) is 0. The third-order valence-corrected chi connectivity index (χ3v) is 5.99. The molecule has 1 amide bonds. The summed E-state index contributed by atoms with van der Waals surface area (Å²) in [6.07, 6.45) is 0.0919. The number of ether oxygens (including phenoxy) is 2. The minimum Gasteiger partial charge on any atom is -0.487 e. The van der Waals surface area contributed by atoms with Gasteiger partial charge in [-0.15, -0.1) is 0 Å². The number of hydrogen-bond donors (Lipinski definition) is 1. The zero-order valence-corrected chi connectivity index (χ0v) is 19.3. The molecule has 0 aliphatic carbocycles. The normalized spacial score (nSPS) is 17.5. The highest BCUT2D eigenvalue weighted by molar-refractivity contribution is 5.74. The van der Waals surface area contributed by atoms with Crippen LogP contribution in [0, 0.1) is 18.8 Å². The summed E-state index contributed by atoms with van der Waals surface area (Å²) in [5.41, 5.74) is 2.63. The van der Waals surface area contributed by atoms with E-state index in [0.717, 1.165) is 16.8 Å². The molecule has 1 aliphatic rings. The third-order valence-electron chi connectivity index (χ3n) is 5.99. The number of aliphatic carboxylic acids is 1. The summed E-state index contributed by atoms with van der Waals surface area (Å²) in [6, 6.07) is 17.3. The van der Waals surface area contributed by atoms with Gasteiger partial charge in [0.15, 0.2) is 0 Å². The van der Waals surface area contributed by atoms with Crippen LogP contribution >= 0.6 is 0 Å². The van der Waals surface area contributed by atoms with Crippen molar-refractivity contribution in [3.8, 4) is 17.2 Å². The molecule has 34 heavy (non-hydrogen) atoms. The van der Waals surface area contributed by atoms with Crippen LogP contribution in [0.3, 0.4) is 0 Å². The average molecular weight is 465 g/mol.